The van der Waals surface area contributed by atoms with E-state index in [0.29, 0.717) is 17.9 Å². The third-order valence-electron chi connectivity index (χ3n) is 3.79. The molecule has 0 unspecified atom stereocenters. The zero-order valence-corrected chi connectivity index (χ0v) is 15.8. The molecule has 144 valence electrons. The van der Waals surface area contributed by atoms with E-state index in [2.05, 4.69) is 5.32 Å². The number of rotatable bonds is 9. The molecule has 0 aromatic heterocycles. The van der Waals surface area contributed by atoms with Crippen LogP contribution in [0.5, 0.6) is 17.2 Å². The molecule has 0 aliphatic rings. The Bertz CT molecular complexity index is 753. The van der Waals surface area contributed by atoms with Gasteiger partial charge in [0.1, 0.15) is 23.3 Å². The number of carbonyl (C=O) groups excluding carboxylic acids is 1. The van der Waals surface area contributed by atoms with Gasteiger partial charge in [-0.2, -0.15) is 0 Å². The molecule has 27 heavy (non-hydrogen) atoms. The van der Waals surface area contributed by atoms with Gasteiger partial charge in [-0.1, -0.05) is 31.5 Å². The Labute approximate surface area is 159 Å². The van der Waals surface area contributed by atoms with Crippen LogP contribution in [-0.2, 0) is 9.59 Å². The van der Waals surface area contributed by atoms with Gasteiger partial charge in [-0.25, -0.2) is 4.79 Å². The van der Waals surface area contributed by atoms with E-state index >= 15 is 0 Å². The van der Waals surface area contributed by atoms with Gasteiger partial charge >= 0.3 is 5.97 Å². The number of carboxylic acid groups (broad SMARTS) is 1. The Kier molecular flexibility index (Phi) is 7.23. The number of carboxylic acids is 1. The Morgan fingerprint density at radius 3 is 2.00 bits per heavy atom. The summed E-state index contributed by atoms with van der Waals surface area (Å²) in [6.07, 6.45) is 0.367. The van der Waals surface area contributed by atoms with Crippen molar-refractivity contribution in [2.24, 2.45) is 5.92 Å². The highest BCUT2D eigenvalue weighted by atomic mass is 16.5. The van der Waals surface area contributed by atoms with Gasteiger partial charge in [-0.15, -0.1) is 0 Å². The third kappa shape index (κ3) is 7.01. The summed E-state index contributed by atoms with van der Waals surface area (Å²) in [5.74, 6) is 0.528. The van der Waals surface area contributed by atoms with E-state index in [1.54, 1.807) is 24.3 Å². The minimum atomic E-state index is -1.05. The predicted octanol–water partition coefficient (Wildman–Crippen LogP) is 3.78. The number of carbonyl (C=O) groups is 2. The van der Waals surface area contributed by atoms with Gasteiger partial charge in [-0.3, -0.25) is 4.79 Å². The fourth-order valence-electron chi connectivity index (χ4n) is 2.42. The molecule has 1 atom stereocenters. The number of benzene rings is 2. The first-order valence-corrected chi connectivity index (χ1v) is 8.83. The highest BCUT2D eigenvalue weighted by Gasteiger charge is 2.21. The average molecular weight is 371 g/mol. The van der Waals surface area contributed by atoms with Gasteiger partial charge in [0.05, 0.1) is 0 Å². The summed E-state index contributed by atoms with van der Waals surface area (Å²) in [6, 6.07) is 13.7. The minimum Gasteiger partial charge on any atom is -0.484 e. The summed E-state index contributed by atoms with van der Waals surface area (Å²) < 4.78 is 11.1. The van der Waals surface area contributed by atoms with Crippen molar-refractivity contribution in [3.63, 3.8) is 0 Å². The second kappa shape index (κ2) is 9.62. The van der Waals surface area contributed by atoms with E-state index in [4.69, 9.17) is 14.6 Å². The SMILES string of the molecule is Cc1ccc(Oc2ccc(OCC(=O)N[C@@H](CC(C)C)C(=O)O)cc2)cc1. The van der Waals surface area contributed by atoms with Crippen LogP contribution >= 0.6 is 0 Å². The van der Waals surface area contributed by atoms with Crippen LogP contribution in [-0.4, -0.2) is 29.6 Å². The largest absolute Gasteiger partial charge is 0.484 e. The summed E-state index contributed by atoms with van der Waals surface area (Å²) in [4.78, 5) is 23.1. The second-order valence-corrected chi connectivity index (χ2v) is 6.76. The number of aryl methyl sites for hydroxylation is 1. The quantitative estimate of drug-likeness (QED) is 0.701. The third-order valence-corrected chi connectivity index (χ3v) is 3.79. The highest BCUT2D eigenvalue weighted by Crippen LogP contribution is 2.24. The van der Waals surface area contributed by atoms with Gasteiger partial charge in [0, 0.05) is 0 Å². The van der Waals surface area contributed by atoms with E-state index in [-0.39, 0.29) is 12.5 Å². The minimum absolute atomic E-state index is 0.161. The summed E-state index contributed by atoms with van der Waals surface area (Å²) in [5.41, 5.74) is 1.16. The number of hydrogen-bond acceptors (Lipinski definition) is 4. The van der Waals surface area contributed by atoms with Crippen molar-refractivity contribution in [3.8, 4) is 17.2 Å². The van der Waals surface area contributed by atoms with Crippen molar-refractivity contribution in [2.75, 3.05) is 6.61 Å². The molecule has 6 heteroatoms. The van der Waals surface area contributed by atoms with Crippen LogP contribution in [0.25, 0.3) is 0 Å². The van der Waals surface area contributed by atoms with Crippen LogP contribution in [0.3, 0.4) is 0 Å². The first-order valence-electron chi connectivity index (χ1n) is 8.83. The molecule has 2 aromatic carbocycles. The molecule has 2 N–H and O–H groups in total. The molecular weight excluding hydrogens is 346 g/mol. The van der Waals surface area contributed by atoms with Crippen molar-refractivity contribution in [1.82, 2.24) is 5.32 Å². The molecule has 0 aliphatic carbocycles. The zero-order chi connectivity index (χ0) is 19.8. The zero-order valence-electron chi connectivity index (χ0n) is 15.8. The average Bonchev–Trinajstić information content (AvgIpc) is 2.62. The lowest BCUT2D eigenvalue weighted by Gasteiger charge is -2.16. The Morgan fingerprint density at radius 1 is 0.963 bits per heavy atom. The normalized spacial score (nSPS) is 11.7. The lowest BCUT2D eigenvalue weighted by Crippen LogP contribution is -2.43. The van der Waals surface area contributed by atoms with Crippen molar-refractivity contribution in [2.45, 2.75) is 33.2 Å². The maximum absolute atomic E-state index is 11.9. The van der Waals surface area contributed by atoms with Crippen molar-refractivity contribution in [1.29, 1.82) is 0 Å². The molecule has 0 radical (unpaired) electrons. The van der Waals surface area contributed by atoms with Gasteiger partial charge < -0.3 is 19.9 Å². The molecule has 0 saturated heterocycles. The van der Waals surface area contributed by atoms with Gasteiger partial charge in [0.15, 0.2) is 6.61 Å². The molecule has 0 saturated carbocycles. The molecular formula is C21H25NO5. The monoisotopic (exact) mass is 371 g/mol. The Hall–Kier alpha value is -3.02. The lowest BCUT2D eigenvalue weighted by atomic mass is 10.0. The topological polar surface area (TPSA) is 84.9 Å². The predicted molar refractivity (Wildman–Crippen MR) is 102 cm³/mol. The molecule has 0 fully saturated rings. The summed E-state index contributed by atoms with van der Waals surface area (Å²) in [5, 5.41) is 11.6. The van der Waals surface area contributed by atoms with Gasteiger partial charge in [0.25, 0.3) is 5.91 Å². The molecule has 0 heterocycles. The van der Waals surface area contributed by atoms with E-state index in [1.165, 1.54) is 0 Å². The first-order chi connectivity index (χ1) is 12.8. The smallest absolute Gasteiger partial charge is 0.326 e. The molecule has 1 amide bonds. The number of hydrogen-bond donors (Lipinski definition) is 2. The summed E-state index contributed by atoms with van der Waals surface area (Å²) >= 11 is 0. The van der Waals surface area contributed by atoms with Gasteiger partial charge in [0.2, 0.25) is 0 Å². The van der Waals surface area contributed by atoms with Crippen LogP contribution in [0.2, 0.25) is 0 Å². The van der Waals surface area contributed by atoms with Crippen LogP contribution in [0.15, 0.2) is 48.5 Å². The molecule has 6 nitrogen and oxygen atoms in total. The fourth-order valence-corrected chi connectivity index (χ4v) is 2.42. The number of nitrogens with one attached hydrogen (secondary N) is 1. The number of amides is 1. The van der Waals surface area contributed by atoms with Crippen LogP contribution in [0.1, 0.15) is 25.8 Å². The van der Waals surface area contributed by atoms with Gasteiger partial charge in [-0.05, 0) is 55.7 Å². The maximum Gasteiger partial charge on any atom is 0.326 e. The van der Waals surface area contributed by atoms with Crippen molar-refractivity contribution < 1.29 is 24.2 Å². The Morgan fingerprint density at radius 2 is 1.48 bits per heavy atom. The first kappa shape index (κ1) is 20.3. The van der Waals surface area contributed by atoms with Crippen LogP contribution in [0.4, 0.5) is 0 Å². The number of aliphatic carboxylic acids is 1. The molecule has 0 bridgehead atoms. The molecule has 2 rings (SSSR count). The van der Waals surface area contributed by atoms with E-state index < -0.39 is 17.9 Å². The van der Waals surface area contributed by atoms with Crippen LogP contribution < -0.4 is 14.8 Å². The van der Waals surface area contributed by atoms with E-state index in [1.807, 2.05) is 45.0 Å². The Balaban J connectivity index is 1.84. The summed E-state index contributed by atoms with van der Waals surface area (Å²) in [6.45, 7) is 5.56. The molecule has 2 aromatic rings. The van der Waals surface area contributed by atoms with Crippen LogP contribution in [0, 0.1) is 12.8 Å². The highest BCUT2D eigenvalue weighted by molar-refractivity contribution is 5.84. The maximum atomic E-state index is 11.9. The molecule has 0 aliphatic heterocycles. The van der Waals surface area contributed by atoms with Crippen molar-refractivity contribution >= 4 is 11.9 Å². The van der Waals surface area contributed by atoms with Crippen molar-refractivity contribution in [3.05, 3.63) is 54.1 Å². The molecule has 0 spiro atoms. The lowest BCUT2D eigenvalue weighted by molar-refractivity contribution is -0.142. The fraction of sp³-hybridized carbons (Fsp3) is 0.333. The standard InChI is InChI=1S/C21H25NO5/c1-14(2)12-19(21(24)25)22-20(23)13-26-16-8-10-18(11-9-16)27-17-6-4-15(3)5-7-17/h4-11,14,19H,12-13H2,1-3H3,(H,22,23)(H,24,25)/t19-/m0/s1. The second-order valence-electron chi connectivity index (χ2n) is 6.76. The summed E-state index contributed by atoms with van der Waals surface area (Å²) in [7, 11) is 0. The van der Waals surface area contributed by atoms with E-state index in [9.17, 15) is 9.59 Å². The van der Waals surface area contributed by atoms with E-state index in [0.717, 1.165) is 11.3 Å². The number of ether oxygens (including phenoxy) is 2.